The molecule has 4 rings (SSSR count). The second-order valence-electron chi connectivity index (χ2n) is 9.41. The first-order chi connectivity index (χ1) is 15.4. The topological polar surface area (TPSA) is 129 Å². The monoisotopic (exact) mass is 451 g/mol. The molecule has 9 nitrogen and oxygen atoms in total. The molecule has 33 heavy (non-hydrogen) atoms. The quantitative estimate of drug-likeness (QED) is 0.486. The summed E-state index contributed by atoms with van der Waals surface area (Å²) in [5.74, 6) is -0.148. The lowest BCUT2D eigenvalue weighted by Crippen LogP contribution is -2.39. The Morgan fingerprint density at radius 3 is 2.33 bits per heavy atom. The van der Waals surface area contributed by atoms with Crippen molar-refractivity contribution < 1.29 is 19.1 Å². The molecule has 1 atom stereocenters. The van der Waals surface area contributed by atoms with Gasteiger partial charge in [-0.25, -0.2) is 4.79 Å². The fourth-order valence-corrected chi connectivity index (χ4v) is 4.11. The average molecular weight is 451 g/mol. The number of hydrogen-bond donors (Lipinski definition) is 3. The van der Waals surface area contributed by atoms with Crippen LogP contribution in [0.3, 0.4) is 0 Å². The van der Waals surface area contributed by atoms with Crippen LogP contribution >= 0.6 is 0 Å². The molecule has 3 aromatic rings. The molecule has 172 valence electrons. The Balaban J connectivity index is 1.73. The van der Waals surface area contributed by atoms with Crippen molar-refractivity contribution in [3.8, 4) is 0 Å². The maximum absolute atomic E-state index is 12.7. The van der Waals surface area contributed by atoms with E-state index in [1.807, 2.05) is 39.8 Å². The van der Waals surface area contributed by atoms with Gasteiger partial charge in [0.15, 0.2) is 0 Å². The first-order valence-corrected chi connectivity index (χ1v) is 10.5. The summed E-state index contributed by atoms with van der Waals surface area (Å²) in [4.78, 5) is 50.6. The number of rotatable bonds is 6. The lowest BCUT2D eigenvalue weighted by Gasteiger charge is -2.31. The van der Waals surface area contributed by atoms with Gasteiger partial charge in [-0.05, 0) is 36.6 Å². The van der Waals surface area contributed by atoms with Crippen molar-refractivity contribution in [2.75, 3.05) is 17.7 Å². The number of hydrogen-bond acceptors (Lipinski definition) is 7. The molecule has 0 spiro atoms. The van der Waals surface area contributed by atoms with E-state index in [0.29, 0.717) is 11.3 Å². The minimum Gasteiger partial charge on any atom is -0.478 e. The Bertz CT molecular complexity index is 1350. The van der Waals surface area contributed by atoms with Crippen LogP contribution in [-0.4, -0.2) is 28.9 Å². The Kier molecular flexibility index (Phi) is 5.15. The van der Waals surface area contributed by atoms with Crippen molar-refractivity contribution in [3.05, 3.63) is 72.9 Å². The van der Waals surface area contributed by atoms with Crippen LogP contribution in [0.2, 0.25) is 0 Å². The molecule has 9 heteroatoms. The third-order valence-corrected chi connectivity index (χ3v) is 5.87. The molecule has 2 heterocycles. The summed E-state index contributed by atoms with van der Waals surface area (Å²) >= 11 is 0. The fourth-order valence-electron chi connectivity index (χ4n) is 4.11. The highest BCUT2D eigenvalue weighted by Crippen LogP contribution is 2.39. The van der Waals surface area contributed by atoms with Crippen LogP contribution in [0.5, 0.6) is 0 Å². The average Bonchev–Trinajstić information content (AvgIpc) is 3.28. The highest BCUT2D eigenvalue weighted by molar-refractivity contribution is 6.07. The van der Waals surface area contributed by atoms with E-state index in [1.165, 1.54) is 17.0 Å². The largest absolute Gasteiger partial charge is 0.478 e. The summed E-state index contributed by atoms with van der Waals surface area (Å²) in [7, 11) is 1.57. The molecule has 3 N–H and O–H groups in total. The van der Waals surface area contributed by atoms with Gasteiger partial charge in [0.25, 0.3) is 16.8 Å². The summed E-state index contributed by atoms with van der Waals surface area (Å²) in [6, 6.07) is 6.08. The van der Waals surface area contributed by atoms with Crippen molar-refractivity contribution in [2.24, 2.45) is 5.41 Å². The Hall–Kier alpha value is -3.88. The van der Waals surface area contributed by atoms with Gasteiger partial charge in [-0.2, -0.15) is 0 Å². The molecular weight excluding hydrogens is 426 g/mol. The van der Waals surface area contributed by atoms with Crippen LogP contribution in [-0.2, 0) is 6.54 Å². The predicted molar refractivity (Wildman–Crippen MR) is 123 cm³/mol. The first-order valence-electron chi connectivity index (χ1n) is 10.5. The second kappa shape index (κ2) is 7.61. The second-order valence-corrected chi connectivity index (χ2v) is 9.41. The maximum atomic E-state index is 12.7. The van der Waals surface area contributed by atoms with Crippen LogP contribution in [0, 0.1) is 12.3 Å². The normalized spacial score (nSPS) is 14.5. The first kappa shape index (κ1) is 22.3. The van der Waals surface area contributed by atoms with Crippen molar-refractivity contribution >= 4 is 28.9 Å². The van der Waals surface area contributed by atoms with Crippen molar-refractivity contribution in [1.82, 2.24) is 4.90 Å². The van der Waals surface area contributed by atoms with E-state index in [-0.39, 0.29) is 46.1 Å². The van der Waals surface area contributed by atoms with E-state index in [4.69, 9.17) is 4.42 Å². The van der Waals surface area contributed by atoms with Crippen LogP contribution in [0.4, 0.5) is 17.1 Å². The molecule has 1 aromatic heterocycles. The standard InChI is InChI=1S/C24H25N3O6/c1-11-6-9-15(33-11)21(24(2,3)4)26-18-17(19(28)20(18)29)25-14-8-7-12(23(31)32)13-10-27(5)22(30)16(13)14/h6-9,21,25-26H,10H2,1-5H3,(H,31,32)/t21-/m0/s1. The van der Waals surface area contributed by atoms with Crippen molar-refractivity contribution in [2.45, 2.75) is 40.3 Å². The highest BCUT2D eigenvalue weighted by Gasteiger charge is 2.35. The number of nitrogens with one attached hydrogen (secondary N) is 2. The minimum atomic E-state index is -1.14. The predicted octanol–water partition coefficient (Wildman–Crippen LogP) is 3.41. The maximum Gasteiger partial charge on any atom is 0.336 e. The van der Waals surface area contributed by atoms with Crippen molar-refractivity contribution in [3.63, 3.8) is 0 Å². The van der Waals surface area contributed by atoms with Crippen LogP contribution in [0.1, 0.15) is 64.6 Å². The molecule has 0 fully saturated rings. The summed E-state index contributed by atoms with van der Waals surface area (Å²) in [6.45, 7) is 7.91. The van der Waals surface area contributed by atoms with Crippen LogP contribution in [0.15, 0.2) is 38.3 Å². The highest BCUT2D eigenvalue weighted by atomic mass is 16.4. The van der Waals surface area contributed by atoms with Gasteiger partial charge in [0, 0.05) is 19.2 Å². The summed E-state index contributed by atoms with van der Waals surface area (Å²) in [5, 5.41) is 15.5. The molecule has 0 saturated carbocycles. The molecular formula is C24H25N3O6. The Morgan fingerprint density at radius 2 is 1.76 bits per heavy atom. The number of carboxylic acids is 1. The third kappa shape index (κ3) is 3.69. The number of aromatic carboxylic acids is 1. The zero-order valence-corrected chi connectivity index (χ0v) is 19.0. The number of furan rings is 1. The number of carboxylic acid groups (broad SMARTS) is 1. The summed E-state index contributed by atoms with van der Waals surface area (Å²) in [6.07, 6.45) is 0. The van der Waals surface area contributed by atoms with E-state index in [0.717, 1.165) is 5.76 Å². The number of nitrogens with zero attached hydrogens (tertiary/aromatic N) is 1. The number of anilines is 3. The molecule has 1 aliphatic rings. The Labute approximate surface area is 189 Å². The van der Waals surface area contributed by atoms with E-state index >= 15 is 0 Å². The molecule has 0 aliphatic carbocycles. The van der Waals surface area contributed by atoms with Crippen LogP contribution < -0.4 is 21.5 Å². The van der Waals surface area contributed by atoms with Gasteiger partial charge in [-0.15, -0.1) is 0 Å². The van der Waals surface area contributed by atoms with Crippen LogP contribution in [0.25, 0.3) is 0 Å². The molecule has 2 aromatic carbocycles. The minimum absolute atomic E-state index is 0.0255. The smallest absolute Gasteiger partial charge is 0.336 e. The molecule has 0 saturated heterocycles. The number of carbonyl (C=O) groups is 2. The van der Waals surface area contributed by atoms with E-state index in [1.54, 1.807) is 7.05 Å². The van der Waals surface area contributed by atoms with Gasteiger partial charge in [-0.1, -0.05) is 20.8 Å². The molecule has 1 amide bonds. The SMILES string of the molecule is Cc1ccc([C@H](Nc2c(Nc3ccc(C(=O)O)c4c3C(=O)N(C)C4)c(=O)c2=O)C(C)(C)C)o1. The molecule has 0 radical (unpaired) electrons. The van der Waals surface area contributed by atoms with Gasteiger partial charge in [-0.3, -0.25) is 14.4 Å². The summed E-state index contributed by atoms with van der Waals surface area (Å²) in [5.41, 5.74) is -0.748. The van der Waals surface area contributed by atoms with E-state index in [9.17, 15) is 24.3 Å². The molecule has 0 unspecified atom stereocenters. The number of benzene rings is 1. The lowest BCUT2D eigenvalue weighted by molar-refractivity contribution is 0.0693. The van der Waals surface area contributed by atoms with E-state index in [2.05, 4.69) is 10.6 Å². The lowest BCUT2D eigenvalue weighted by atomic mass is 9.84. The van der Waals surface area contributed by atoms with Gasteiger partial charge >= 0.3 is 5.97 Å². The molecule has 1 aliphatic heterocycles. The zero-order chi connectivity index (χ0) is 24.2. The summed E-state index contributed by atoms with van der Waals surface area (Å²) < 4.78 is 5.77. The van der Waals surface area contributed by atoms with Gasteiger partial charge in [0.1, 0.15) is 22.9 Å². The Morgan fingerprint density at radius 1 is 1.09 bits per heavy atom. The van der Waals surface area contributed by atoms with Gasteiger partial charge in [0.05, 0.1) is 22.9 Å². The number of amides is 1. The number of fused-ring (bicyclic) bond motifs is 1. The van der Waals surface area contributed by atoms with Gasteiger partial charge < -0.3 is 25.1 Å². The zero-order valence-electron chi connectivity index (χ0n) is 19.0. The number of aryl methyl sites for hydroxylation is 1. The van der Waals surface area contributed by atoms with Gasteiger partial charge in [0.2, 0.25) is 0 Å². The number of carbonyl (C=O) groups excluding carboxylic acids is 1. The fraction of sp³-hybridized carbons (Fsp3) is 0.333. The third-order valence-electron chi connectivity index (χ3n) is 5.87. The van der Waals surface area contributed by atoms with Crippen molar-refractivity contribution in [1.29, 1.82) is 0 Å². The van der Waals surface area contributed by atoms with E-state index < -0.39 is 22.9 Å². The molecule has 0 bridgehead atoms.